The molecule has 5 heteroatoms. The summed E-state index contributed by atoms with van der Waals surface area (Å²) in [6, 6.07) is 5.31. The van der Waals surface area contributed by atoms with E-state index in [-0.39, 0.29) is 16.0 Å². The van der Waals surface area contributed by atoms with Crippen LogP contribution >= 0.6 is 0 Å². The Kier molecular flexibility index (Phi) is 6.46. The van der Waals surface area contributed by atoms with Gasteiger partial charge in [0.2, 0.25) is 0 Å². The second-order valence-corrected chi connectivity index (χ2v) is 6.18. The lowest BCUT2D eigenvalue weighted by molar-refractivity contribution is -0.383. The highest BCUT2D eigenvalue weighted by molar-refractivity contribution is 5.76. The lowest BCUT2D eigenvalue weighted by Gasteiger charge is -2.25. The van der Waals surface area contributed by atoms with Gasteiger partial charge in [-0.15, -0.1) is 0 Å². The van der Waals surface area contributed by atoms with Gasteiger partial charge < -0.3 is 10.6 Å². The van der Waals surface area contributed by atoms with Gasteiger partial charge in [-0.05, 0) is 24.0 Å². The zero-order valence-electron chi connectivity index (χ0n) is 13.5. The van der Waals surface area contributed by atoms with E-state index < -0.39 is 0 Å². The molecule has 0 heterocycles. The van der Waals surface area contributed by atoms with Gasteiger partial charge in [-0.2, -0.15) is 0 Å². The number of anilines is 2. The Bertz CT molecular complexity index is 473. The van der Waals surface area contributed by atoms with Gasteiger partial charge in [0.15, 0.2) is 0 Å². The van der Waals surface area contributed by atoms with Gasteiger partial charge in [-0.3, -0.25) is 10.1 Å². The molecule has 0 bridgehead atoms. The molecule has 0 amide bonds. The minimum absolute atomic E-state index is 0.115. The number of nitrogens with zero attached hydrogens (tertiary/aromatic N) is 1. The second-order valence-electron chi connectivity index (χ2n) is 6.18. The number of nitrogens with one attached hydrogen (secondary N) is 2. The van der Waals surface area contributed by atoms with E-state index >= 15 is 0 Å². The van der Waals surface area contributed by atoms with Crippen LogP contribution in [0, 0.1) is 15.5 Å². The molecule has 21 heavy (non-hydrogen) atoms. The third-order valence-electron chi connectivity index (χ3n) is 3.70. The minimum Gasteiger partial charge on any atom is -0.382 e. The normalized spacial score (nSPS) is 11.2. The molecule has 2 N–H and O–H groups in total. The molecule has 0 unspecified atom stereocenters. The molecule has 1 rings (SSSR count). The van der Waals surface area contributed by atoms with Crippen molar-refractivity contribution in [1.29, 1.82) is 0 Å². The molecule has 0 aliphatic rings. The molecule has 0 fully saturated rings. The van der Waals surface area contributed by atoms with Crippen LogP contribution < -0.4 is 10.6 Å². The van der Waals surface area contributed by atoms with Crippen LogP contribution in [0.1, 0.15) is 46.5 Å². The highest BCUT2D eigenvalue weighted by Crippen LogP contribution is 2.33. The first-order chi connectivity index (χ1) is 9.91. The molecule has 0 radical (unpaired) electrons. The monoisotopic (exact) mass is 293 g/mol. The molecule has 0 saturated carbocycles. The molecular formula is C16H27N3O2. The van der Waals surface area contributed by atoms with E-state index in [2.05, 4.69) is 31.4 Å². The largest absolute Gasteiger partial charge is 0.382 e. The lowest BCUT2D eigenvalue weighted by atomic mass is 9.87. The topological polar surface area (TPSA) is 67.2 Å². The van der Waals surface area contributed by atoms with E-state index in [0.29, 0.717) is 11.4 Å². The minimum atomic E-state index is -0.335. The summed E-state index contributed by atoms with van der Waals surface area (Å²) in [5.41, 5.74) is 1.35. The van der Waals surface area contributed by atoms with Crippen molar-refractivity contribution >= 4 is 17.1 Å². The number of rotatable bonds is 9. The zero-order chi connectivity index (χ0) is 15.9. The van der Waals surface area contributed by atoms with Crippen molar-refractivity contribution < 1.29 is 4.92 Å². The predicted molar refractivity (Wildman–Crippen MR) is 89.1 cm³/mol. The van der Waals surface area contributed by atoms with Crippen LogP contribution in [0.4, 0.5) is 17.1 Å². The average Bonchev–Trinajstić information content (AvgIpc) is 2.44. The molecule has 0 aliphatic carbocycles. The molecule has 5 nitrogen and oxygen atoms in total. The summed E-state index contributed by atoms with van der Waals surface area (Å²) >= 11 is 0. The van der Waals surface area contributed by atoms with Crippen LogP contribution in [-0.2, 0) is 0 Å². The van der Waals surface area contributed by atoms with Crippen LogP contribution in [0.2, 0.25) is 0 Å². The SMILES string of the molecule is CCCCCC(C)(C)CNc1cccc(NC)c1[N+](=O)[O-]. The Balaban J connectivity index is 2.77. The smallest absolute Gasteiger partial charge is 0.315 e. The zero-order valence-corrected chi connectivity index (χ0v) is 13.5. The first kappa shape index (κ1) is 17.3. The number of hydrogen-bond donors (Lipinski definition) is 2. The number of para-hydroxylation sites is 1. The van der Waals surface area contributed by atoms with Gasteiger partial charge in [0.05, 0.1) is 4.92 Å². The molecule has 0 aliphatic heterocycles. The first-order valence-corrected chi connectivity index (χ1v) is 7.60. The summed E-state index contributed by atoms with van der Waals surface area (Å²) in [5, 5.41) is 17.4. The number of benzene rings is 1. The molecule has 1 aromatic rings. The highest BCUT2D eigenvalue weighted by atomic mass is 16.6. The molecule has 118 valence electrons. The number of nitro benzene ring substituents is 1. The fourth-order valence-electron chi connectivity index (χ4n) is 2.36. The fraction of sp³-hybridized carbons (Fsp3) is 0.625. The van der Waals surface area contributed by atoms with Crippen LogP contribution in [0.15, 0.2) is 18.2 Å². The summed E-state index contributed by atoms with van der Waals surface area (Å²) < 4.78 is 0. The third kappa shape index (κ3) is 5.25. The molecule has 0 spiro atoms. The van der Waals surface area contributed by atoms with Crippen molar-refractivity contribution in [3.05, 3.63) is 28.3 Å². The molecule has 0 atom stereocenters. The van der Waals surface area contributed by atoms with Gasteiger partial charge in [-0.25, -0.2) is 0 Å². The summed E-state index contributed by atoms with van der Waals surface area (Å²) in [6.45, 7) is 7.31. The van der Waals surface area contributed by atoms with Crippen molar-refractivity contribution in [3.8, 4) is 0 Å². The molecule has 0 aromatic heterocycles. The van der Waals surface area contributed by atoms with Gasteiger partial charge in [0, 0.05) is 13.6 Å². The van der Waals surface area contributed by atoms with E-state index in [1.54, 1.807) is 19.2 Å². The summed E-state index contributed by atoms with van der Waals surface area (Å²) in [7, 11) is 1.70. The second kappa shape index (κ2) is 7.86. The Morgan fingerprint density at radius 1 is 1.24 bits per heavy atom. The average molecular weight is 293 g/mol. The summed E-state index contributed by atoms with van der Waals surface area (Å²) in [6.07, 6.45) is 4.76. The molecule has 0 saturated heterocycles. The Morgan fingerprint density at radius 3 is 2.48 bits per heavy atom. The summed E-state index contributed by atoms with van der Waals surface area (Å²) in [5.74, 6) is 0. The van der Waals surface area contributed by atoms with Crippen LogP contribution in [-0.4, -0.2) is 18.5 Å². The van der Waals surface area contributed by atoms with Crippen LogP contribution in [0.3, 0.4) is 0 Å². The van der Waals surface area contributed by atoms with Crippen LogP contribution in [0.5, 0.6) is 0 Å². The quantitative estimate of drug-likeness (QED) is 0.395. The van der Waals surface area contributed by atoms with E-state index in [9.17, 15) is 10.1 Å². The number of hydrogen-bond acceptors (Lipinski definition) is 4. The van der Waals surface area contributed by atoms with Crippen molar-refractivity contribution in [1.82, 2.24) is 0 Å². The van der Waals surface area contributed by atoms with E-state index in [1.807, 2.05) is 6.07 Å². The van der Waals surface area contributed by atoms with Crippen molar-refractivity contribution in [3.63, 3.8) is 0 Å². The van der Waals surface area contributed by atoms with E-state index in [1.165, 1.54) is 19.3 Å². The first-order valence-electron chi connectivity index (χ1n) is 7.60. The highest BCUT2D eigenvalue weighted by Gasteiger charge is 2.22. The van der Waals surface area contributed by atoms with Gasteiger partial charge in [0.25, 0.3) is 0 Å². The maximum atomic E-state index is 11.3. The Hall–Kier alpha value is -1.78. The Morgan fingerprint density at radius 2 is 1.90 bits per heavy atom. The predicted octanol–water partition coefficient (Wildman–Crippen LogP) is 4.65. The van der Waals surface area contributed by atoms with E-state index in [4.69, 9.17) is 0 Å². The van der Waals surface area contributed by atoms with Gasteiger partial charge in [-0.1, -0.05) is 46.1 Å². The standard InChI is InChI=1S/C16H27N3O2/c1-5-6-7-11-16(2,3)12-18-14-10-8-9-13(17-4)15(14)19(20)21/h8-10,17-18H,5-7,11-12H2,1-4H3. The fourth-order valence-corrected chi connectivity index (χ4v) is 2.36. The van der Waals surface area contributed by atoms with E-state index in [0.717, 1.165) is 13.0 Å². The number of nitro groups is 1. The molecular weight excluding hydrogens is 266 g/mol. The van der Waals surface area contributed by atoms with Crippen molar-refractivity contribution in [2.75, 3.05) is 24.2 Å². The van der Waals surface area contributed by atoms with Crippen LogP contribution in [0.25, 0.3) is 0 Å². The van der Waals surface area contributed by atoms with Crippen molar-refractivity contribution in [2.45, 2.75) is 46.5 Å². The maximum absolute atomic E-state index is 11.3. The molecule has 1 aromatic carbocycles. The third-order valence-corrected chi connectivity index (χ3v) is 3.70. The van der Waals surface area contributed by atoms with Crippen molar-refractivity contribution in [2.24, 2.45) is 5.41 Å². The summed E-state index contributed by atoms with van der Waals surface area (Å²) in [4.78, 5) is 10.9. The Labute approximate surface area is 127 Å². The van der Waals surface area contributed by atoms with Gasteiger partial charge in [0.1, 0.15) is 11.4 Å². The lowest BCUT2D eigenvalue weighted by Crippen LogP contribution is -2.23. The van der Waals surface area contributed by atoms with Gasteiger partial charge >= 0.3 is 5.69 Å². The maximum Gasteiger partial charge on any atom is 0.315 e. The number of unbranched alkanes of at least 4 members (excludes halogenated alkanes) is 2.